The molecule has 0 aliphatic carbocycles. The fourth-order valence-corrected chi connectivity index (χ4v) is 4.49. The third-order valence-corrected chi connectivity index (χ3v) is 6.39. The van der Waals surface area contributed by atoms with Gasteiger partial charge in [-0.1, -0.05) is 40.2 Å². The summed E-state index contributed by atoms with van der Waals surface area (Å²) in [5.41, 5.74) is 2.54. The molecule has 2 aliphatic rings. The molecule has 0 bridgehead atoms. The van der Waals surface area contributed by atoms with E-state index in [1.54, 1.807) is 6.08 Å². The van der Waals surface area contributed by atoms with Crippen LogP contribution in [0.3, 0.4) is 0 Å². The monoisotopic (exact) mass is 442 g/mol. The van der Waals surface area contributed by atoms with E-state index in [4.69, 9.17) is 0 Å². The highest BCUT2D eigenvalue weighted by atomic mass is 79.9. The molecule has 0 saturated carbocycles. The lowest BCUT2D eigenvalue weighted by atomic mass is 9.72. The molecule has 5 heteroatoms. The van der Waals surface area contributed by atoms with Gasteiger partial charge in [0, 0.05) is 43.3 Å². The Morgan fingerprint density at radius 1 is 1.04 bits per heavy atom. The summed E-state index contributed by atoms with van der Waals surface area (Å²) in [6, 6.07) is 14.7. The Hall–Kier alpha value is -1.98. The molecule has 0 unspecified atom stereocenters. The molecule has 0 N–H and O–H groups in total. The Balaban J connectivity index is 1.24. The van der Waals surface area contributed by atoms with Crippen molar-refractivity contribution in [2.45, 2.75) is 19.4 Å². The molecule has 2 heterocycles. The Labute approximate surface area is 174 Å². The zero-order chi connectivity index (χ0) is 19.6. The largest absolute Gasteiger partial charge is 0.339 e. The highest BCUT2D eigenvalue weighted by Crippen LogP contribution is 2.41. The van der Waals surface area contributed by atoms with E-state index in [2.05, 4.69) is 20.8 Å². The van der Waals surface area contributed by atoms with Gasteiger partial charge in [0.2, 0.25) is 5.91 Å². The van der Waals surface area contributed by atoms with Crippen molar-refractivity contribution >= 4 is 27.9 Å². The molecule has 2 aromatic rings. The second-order valence-corrected chi connectivity index (χ2v) is 8.90. The quantitative estimate of drug-likeness (QED) is 0.639. The lowest BCUT2D eigenvalue weighted by Gasteiger charge is -2.54. The maximum absolute atomic E-state index is 13.0. The summed E-state index contributed by atoms with van der Waals surface area (Å²) in [6.07, 6.45) is 5.69. The number of carbonyl (C=O) groups excluding carboxylic acids is 1. The van der Waals surface area contributed by atoms with Gasteiger partial charge in [0.25, 0.3) is 0 Å². The van der Waals surface area contributed by atoms with Crippen molar-refractivity contribution in [3.63, 3.8) is 0 Å². The molecule has 4 rings (SSSR count). The van der Waals surface area contributed by atoms with Gasteiger partial charge in [0.05, 0.1) is 0 Å². The first-order valence-corrected chi connectivity index (χ1v) is 10.5. The summed E-state index contributed by atoms with van der Waals surface area (Å²) in [5, 5.41) is 0. The van der Waals surface area contributed by atoms with E-state index in [9.17, 15) is 9.18 Å². The molecule has 2 aromatic carbocycles. The van der Waals surface area contributed by atoms with Gasteiger partial charge in [-0.25, -0.2) is 4.39 Å². The van der Waals surface area contributed by atoms with Crippen LogP contribution in [0.15, 0.2) is 59.1 Å². The zero-order valence-electron chi connectivity index (χ0n) is 15.8. The third kappa shape index (κ3) is 4.53. The van der Waals surface area contributed by atoms with Gasteiger partial charge in [-0.2, -0.15) is 0 Å². The van der Waals surface area contributed by atoms with Crippen molar-refractivity contribution in [3.05, 3.63) is 76.0 Å². The first-order valence-electron chi connectivity index (χ1n) is 9.71. The van der Waals surface area contributed by atoms with E-state index in [1.165, 1.54) is 12.1 Å². The summed E-state index contributed by atoms with van der Waals surface area (Å²) >= 11 is 3.42. The Bertz CT molecular complexity index is 847. The number of rotatable bonds is 4. The van der Waals surface area contributed by atoms with Gasteiger partial charge in [0.15, 0.2) is 0 Å². The van der Waals surface area contributed by atoms with Crippen LogP contribution in [-0.4, -0.2) is 41.9 Å². The fourth-order valence-electron chi connectivity index (χ4n) is 4.23. The minimum Gasteiger partial charge on any atom is -0.339 e. The van der Waals surface area contributed by atoms with Crippen molar-refractivity contribution in [2.24, 2.45) is 5.41 Å². The van der Waals surface area contributed by atoms with Gasteiger partial charge in [-0.05, 0) is 59.7 Å². The molecule has 2 aliphatic heterocycles. The summed E-state index contributed by atoms with van der Waals surface area (Å²) in [5.74, 6) is -0.0877. The van der Waals surface area contributed by atoms with E-state index in [-0.39, 0.29) is 11.7 Å². The molecular formula is C23H24BrFN2O. The standard InChI is InChI=1S/C23H24BrFN2O/c24-20-6-1-18(2-7-20)5-10-22(28)27-13-11-23(12-14-27)16-26(17-23)15-19-3-8-21(25)9-4-19/h1-10H,11-17H2. The average Bonchev–Trinajstić information content (AvgIpc) is 2.68. The smallest absolute Gasteiger partial charge is 0.246 e. The van der Waals surface area contributed by atoms with E-state index in [0.29, 0.717) is 5.41 Å². The second-order valence-electron chi connectivity index (χ2n) is 7.98. The fraction of sp³-hybridized carbons (Fsp3) is 0.348. The third-order valence-electron chi connectivity index (χ3n) is 5.86. The van der Waals surface area contributed by atoms with Gasteiger partial charge in [-0.15, -0.1) is 0 Å². The number of nitrogens with zero attached hydrogens (tertiary/aromatic N) is 2. The van der Waals surface area contributed by atoms with E-state index in [1.807, 2.05) is 47.4 Å². The van der Waals surface area contributed by atoms with Crippen LogP contribution in [-0.2, 0) is 11.3 Å². The number of amides is 1. The lowest BCUT2D eigenvalue weighted by Crippen LogP contribution is -2.60. The minimum atomic E-state index is -0.185. The van der Waals surface area contributed by atoms with Crippen molar-refractivity contribution < 1.29 is 9.18 Å². The Morgan fingerprint density at radius 3 is 2.32 bits per heavy atom. The van der Waals surface area contributed by atoms with Gasteiger partial charge in [0.1, 0.15) is 5.82 Å². The van der Waals surface area contributed by atoms with Crippen LogP contribution >= 0.6 is 15.9 Å². The van der Waals surface area contributed by atoms with Crippen LogP contribution in [0.5, 0.6) is 0 Å². The van der Waals surface area contributed by atoms with Crippen LogP contribution in [0.4, 0.5) is 4.39 Å². The highest BCUT2D eigenvalue weighted by Gasteiger charge is 2.44. The highest BCUT2D eigenvalue weighted by molar-refractivity contribution is 9.10. The van der Waals surface area contributed by atoms with E-state index in [0.717, 1.165) is 61.2 Å². The molecule has 2 fully saturated rings. The molecule has 1 spiro atoms. The number of benzene rings is 2. The molecular weight excluding hydrogens is 419 g/mol. The summed E-state index contributed by atoms with van der Waals surface area (Å²) < 4.78 is 14.1. The molecule has 28 heavy (non-hydrogen) atoms. The van der Waals surface area contributed by atoms with Crippen molar-refractivity contribution in [2.75, 3.05) is 26.2 Å². The Kier molecular flexibility index (Phi) is 5.65. The first-order chi connectivity index (χ1) is 13.5. The number of piperidine rings is 1. The van der Waals surface area contributed by atoms with Crippen molar-refractivity contribution in [1.29, 1.82) is 0 Å². The van der Waals surface area contributed by atoms with Gasteiger partial charge >= 0.3 is 0 Å². The topological polar surface area (TPSA) is 23.6 Å². The van der Waals surface area contributed by atoms with Gasteiger partial charge in [-0.3, -0.25) is 9.69 Å². The maximum atomic E-state index is 13.0. The summed E-state index contributed by atoms with van der Waals surface area (Å²) in [6.45, 7) is 4.67. The number of hydrogen-bond acceptors (Lipinski definition) is 2. The predicted molar refractivity (Wildman–Crippen MR) is 113 cm³/mol. The number of halogens is 2. The molecule has 0 atom stereocenters. The average molecular weight is 443 g/mol. The molecule has 3 nitrogen and oxygen atoms in total. The second kappa shape index (κ2) is 8.18. The molecule has 0 aromatic heterocycles. The molecule has 0 radical (unpaired) electrons. The molecule has 146 valence electrons. The van der Waals surface area contributed by atoms with Crippen LogP contribution in [0.25, 0.3) is 6.08 Å². The van der Waals surface area contributed by atoms with Crippen molar-refractivity contribution in [1.82, 2.24) is 9.80 Å². The molecule has 2 saturated heterocycles. The predicted octanol–water partition coefficient (Wildman–Crippen LogP) is 4.73. The number of likely N-dealkylation sites (tertiary alicyclic amines) is 2. The first kappa shape index (κ1) is 19.3. The Morgan fingerprint density at radius 2 is 1.68 bits per heavy atom. The summed E-state index contributed by atoms with van der Waals surface area (Å²) in [4.78, 5) is 16.9. The van der Waals surface area contributed by atoms with Crippen LogP contribution in [0.2, 0.25) is 0 Å². The number of hydrogen-bond donors (Lipinski definition) is 0. The number of carbonyl (C=O) groups is 1. The van der Waals surface area contributed by atoms with Gasteiger partial charge < -0.3 is 4.90 Å². The minimum absolute atomic E-state index is 0.0975. The van der Waals surface area contributed by atoms with E-state index >= 15 is 0 Å². The van der Waals surface area contributed by atoms with E-state index < -0.39 is 0 Å². The molecule has 1 amide bonds. The summed E-state index contributed by atoms with van der Waals surface area (Å²) in [7, 11) is 0. The van der Waals surface area contributed by atoms with Crippen molar-refractivity contribution in [3.8, 4) is 0 Å². The van der Waals surface area contributed by atoms with Crippen LogP contribution in [0.1, 0.15) is 24.0 Å². The van der Waals surface area contributed by atoms with Crippen LogP contribution < -0.4 is 0 Å². The maximum Gasteiger partial charge on any atom is 0.246 e. The SMILES string of the molecule is O=C(C=Cc1ccc(Br)cc1)N1CCC2(CC1)CN(Cc1ccc(F)cc1)C2. The zero-order valence-corrected chi connectivity index (χ0v) is 17.4. The van der Waals surface area contributed by atoms with Crippen LogP contribution in [0, 0.1) is 11.2 Å². The lowest BCUT2D eigenvalue weighted by molar-refractivity contribution is -0.131. The normalized spacial score (nSPS) is 19.1.